The molecule has 0 aliphatic rings. The zero-order chi connectivity index (χ0) is 42.5. The highest BCUT2D eigenvalue weighted by Crippen LogP contribution is 2.35. The van der Waals surface area contributed by atoms with Crippen molar-refractivity contribution in [3.8, 4) is 51.0 Å². The van der Waals surface area contributed by atoms with Crippen molar-refractivity contribution in [1.82, 2.24) is 19.5 Å². The van der Waals surface area contributed by atoms with Crippen molar-refractivity contribution in [1.29, 1.82) is 0 Å². The summed E-state index contributed by atoms with van der Waals surface area (Å²) in [6, 6.07) is 5.73. The Hall–Kier alpha value is -5.87. The average molecular weight is 567 g/mol. The molecule has 0 spiro atoms. The van der Waals surface area contributed by atoms with Crippen LogP contribution >= 0.6 is 0 Å². The number of fused-ring (bicyclic) bond motifs is 3. The summed E-state index contributed by atoms with van der Waals surface area (Å²) >= 11 is 0. The molecule has 0 bridgehead atoms. The van der Waals surface area contributed by atoms with Gasteiger partial charge < -0.3 is 4.57 Å². The second-order valence-electron chi connectivity index (χ2n) is 9.29. The summed E-state index contributed by atoms with van der Waals surface area (Å²) in [7, 11) is 0. The molecule has 8 aromatic rings. The number of hydrogen-bond acceptors (Lipinski definition) is 3. The molecular weight excluding hydrogens is 524 g/mol. The van der Waals surface area contributed by atoms with Gasteiger partial charge in [0, 0.05) is 33.2 Å². The van der Waals surface area contributed by atoms with Gasteiger partial charge in [-0.3, -0.25) is 0 Å². The average Bonchev–Trinajstić information content (AvgIpc) is 3.60. The van der Waals surface area contributed by atoms with Crippen LogP contribution in [0.15, 0.2) is 157 Å². The van der Waals surface area contributed by atoms with Crippen LogP contribution < -0.4 is 0 Å². The van der Waals surface area contributed by atoms with Crippen LogP contribution in [0.4, 0.5) is 0 Å². The molecule has 4 nitrogen and oxygen atoms in total. The minimum atomic E-state index is -0.819. The van der Waals surface area contributed by atoms with Crippen molar-refractivity contribution in [2.45, 2.75) is 0 Å². The van der Waals surface area contributed by atoms with E-state index in [-0.39, 0.29) is 23.0 Å². The Morgan fingerprint density at radius 1 is 0.419 bits per heavy atom. The zero-order valence-electron chi connectivity index (χ0n) is 38.1. The van der Waals surface area contributed by atoms with Crippen molar-refractivity contribution >= 4 is 21.8 Å². The van der Waals surface area contributed by atoms with Gasteiger partial charge in [0.05, 0.1) is 33.0 Å². The lowest BCUT2D eigenvalue weighted by molar-refractivity contribution is 1.07. The molecule has 2 aromatic heterocycles. The van der Waals surface area contributed by atoms with E-state index in [4.69, 9.17) is 12.3 Å². The Kier molecular flexibility index (Phi) is 3.28. The highest BCUT2D eigenvalue weighted by atomic mass is 15.0. The number of aromatic nitrogens is 4. The smallest absolute Gasteiger partial charge is 0.164 e. The Labute approximate surface area is 272 Å². The monoisotopic (exact) mass is 566 g/mol. The second kappa shape index (κ2) is 10.5. The number of nitrogens with zero attached hydrogens (tertiary/aromatic N) is 4. The SMILES string of the molecule is [2H]c1c([2H])c([2H])c(-n2c3c([2H])c([2H])c([2H])c([2H])c3c3c([2H])c(-c4c([2H])c([2H])c(-c5nc(-c6ccccc6)nc(-c6ccccc6)n5)c([2H])c4[2H])c([2H])c([2H])c32)c([2H])c1[2H]. The van der Waals surface area contributed by atoms with Crippen LogP contribution in [-0.2, 0) is 0 Å². The number of benzene rings is 6. The summed E-state index contributed by atoms with van der Waals surface area (Å²) in [4.78, 5) is 13.7. The highest BCUT2D eigenvalue weighted by Gasteiger charge is 2.14. The molecule has 8 rings (SSSR count). The summed E-state index contributed by atoms with van der Waals surface area (Å²) in [5.74, 6) is 0.163. The van der Waals surface area contributed by atoms with Gasteiger partial charge in [-0.05, 0) is 41.3 Å². The van der Waals surface area contributed by atoms with Crippen LogP contribution in [0.5, 0.6) is 0 Å². The van der Waals surface area contributed by atoms with E-state index in [0.717, 1.165) is 4.57 Å². The molecule has 0 saturated carbocycles. The Balaban J connectivity index is 1.47. The van der Waals surface area contributed by atoms with Crippen molar-refractivity contribution in [3.05, 3.63) is 157 Å². The normalized spacial score (nSPS) is 16.5. The predicted molar refractivity (Wildman–Crippen MR) is 176 cm³/mol. The minimum Gasteiger partial charge on any atom is -0.309 e. The van der Waals surface area contributed by atoms with Gasteiger partial charge in [0.2, 0.25) is 0 Å². The number of para-hydroxylation sites is 2. The Morgan fingerprint density at radius 3 is 1.58 bits per heavy atom. The van der Waals surface area contributed by atoms with E-state index in [1.165, 1.54) is 0 Å². The molecular formula is C39H26N4. The molecule has 43 heavy (non-hydrogen) atoms. The third-order valence-corrected chi connectivity index (χ3v) is 6.67. The molecule has 0 saturated heterocycles. The van der Waals surface area contributed by atoms with Crippen LogP contribution in [0.2, 0.25) is 0 Å². The summed E-state index contributed by atoms with van der Waals surface area (Å²) < 4.78 is 142. The van der Waals surface area contributed by atoms with Crippen LogP contribution in [0.25, 0.3) is 72.8 Å². The molecule has 0 atom stereocenters. The zero-order valence-corrected chi connectivity index (χ0v) is 22.1. The fourth-order valence-corrected chi connectivity index (χ4v) is 4.69. The van der Waals surface area contributed by atoms with E-state index in [1.807, 2.05) is 0 Å². The molecule has 0 aliphatic heterocycles. The largest absolute Gasteiger partial charge is 0.309 e. The highest BCUT2D eigenvalue weighted by molar-refractivity contribution is 6.10. The maximum absolute atomic E-state index is 9.50. The van der Waals surface area contributed by atoms with Gasteiger partial charge in [0.1, 0.15) is 0 Å². The number of hydrogen-bond donors (Lipinski definition) is 0. The van der Waals surface area contributed by atoms with Crippen LogP contribution in [0, 0.1) is 0 Å². The van der Waals surface area contributed by atoms with Crippen molar-refractivity contribution in [2.24, 2.45) is 0 Å². The molecule has 6 aromatic carbocycles. The molecule has 0 unspecified atom stereocenters. The molecule has 0 radical (unpaired) electrons. The molecule has 202 valence electrons. The van der Waals surface area contributed by atoms with Crippen LogP contribution in [0.3, 0.4) is 0 Å². The topological polar surface area (TPSA) is 43.6 Å². The molecule has 0 aliphatic carbocycles. The van der Waals surface area contributed by atoms with Crippen molar-refractivity contribution in [2.75, 3.05) is 0 Å². The molecule has 2 heterocycles. The van der Waals surface area contributed by atoms with Crippen LogP contribution in [0.1, 0.15) is 21.9 Å². The maximum Gasteiger partial charge on any atom is 0.164 e. The summed E-state index contributed by atoms with van der Waals surface area (Å²) in [5, 5.41) is -0.801. The quantitative estimate of drug-likeness (QED) is 0.208. The first kappa shape index (κ1) is 13.4. The molecule has 4 heteroatoms. The van der Waals surface area contributed by atoms with Gasteiger partial charge in [-0.15, -0.1) is 0 Å². The Bertz CT molecular complexity index is 3000. The van der Waals surface area contributed by atoms with Crippen molar-refractivity contribution < 1.29 is 21.9 Å². The second-order valence-corrected chi connectivity index (χ2v) is 9.29. The molecule has 0 fully saturated rings. The lowest BCUT2D eigenvalue weighted by atomic mass is 10.0. The van der Waals surface area contributed by atoms with E-state index in [1.54, 1.807) is 60.7 Å². The van der Waals surface area contributed by atoms with Gasteiger partial charge in [0.15, 0.2) is 17.5 Å². The molecule has 0 N–H and O–H groups in total. The van der Waals surface area contributed by atoms with E-state index in [9.17, 15) is 9.60 Å². The van der Waals surface area contributed by atoms with Crippen molar-refractivity contribution in [3.63, 3.8) is 0 Å². The lowest BCUT2D eigenvalue weighted by Gasteiger charge is -2.10. The van der Waals surface area contributed by atoms with E-state index in [2.05, 4.69) is 15.0 Å². The van der Waals surface area contributed by atoms with Crippen LogP contribution in [-0.4, -0.2) is 19.5 Å². The third kappa shape index (κ3) is 4.55. The van der Waals surface area contributed by atoms with Gasteiger partial charge >= 0.3 is 0 Å². The maximum atomic E-state index is 9.50. The lowest BCUT2D eigenvalue weighted by Crippen LogP contribution is -2.00. The van der Waals surface area contributed by atoms with Gasteiger partial charge in [-0.1, -0.05) is 127 Å². The standard InChI is InChI=1S/C39H26N4/c1-4-12-28(13-5-1)37-40-38(29-14-6-2-7-15-29)42-39(41-37)30-22-20-27(21-23-30)31-24-25-36-34(26-31)33-18-10-11-19-35(33)43(36)32-16-8-3-9-17-32/h1-26H/i3D,8D,9D,10D,11D,16D,17D,18D,19D,20D,21D,22D,23D,24D,25D,26D. The predicted octanol–water partition coefficient (Wildman–Crippen LogP) is 9.64. The van der Waals surface area contributed by atoms with E-state index in [0.29, 0.717) is 11.1 Å². The third-order valence-electron chi connectivity index (χ3n) is 6.67. The first-order valence-electron chi connectivity index (χ1n) is 21.1. The summed E-state index contributed by atoms with van der Waals surface area (Å²) in [6.45, 7) is 0. The summed E-state index contributed by atoms with van der Waals surface area (Å²) in [5.41, 5.74) is -1.83. The van der Waals surface area contributed by atoms with Gasteiger partial charge in [-0.2, -0.15) is 0 Å². The van der Waals surface area contributed by atoms with Gasteiger partial charge in [-0.25, -0.2) is 15.0 Å². The first-order chi connectivity index (χ1) is 28.0. The first-order valence-corrected chi connectivity index (χ1v) is 13.1. The van der Waals surface area contributed by atoms with E-state index >= 15 is 0 Å². The Morgan fingerprint density at radius 2 is 0.930 bits per heavy atom. The fourth-order valence-electron chi connectivity index (χ4n) is 4.69. The van der Waals surface area contributed by atoms with Gasteiger partial charge in [0.25, 0.3) is 0 Å². The summed E-state index contributed by atoms with van der Waals surface area (Å²) in [6.07, 6.45) is 0. The van der Waals surface area contributed by atoms with E-state index < -0.39 is 135 Å². The fraction of sp³-hybridized carbons (Fsp3) is 0. The minimum absolute atomic E-state index is 0.182. The number of rotatable bonds is 5. The molecule has 0 amide bonds.